The first-order valence-corrected chi connectivity index (χ1v) is 21.2. The standard InChI is InChI=1S/C54H32N2S2/c1-2-12-36(13-3-1)51-50-47-16-7-9-20-49(47)58-54(50)56-53(55-51)41-31-39(30-40(32-41)37-27-28-43-38(29-37)26-25-34-11-4-5-14-42(34)43)33-21-23-35(24-22-33)44-17-10-18-46-45-15-6-8-19-48(45)57-52(44)46/h1-32H. The molecule has 4 heteroatoms. The van der Waals surface area contributed by atoms with Crippen LogP contribution in [-0.4, -0.2) is 9.97 Å². The molecule has 3 heterocycles. The zero-order valence-corrected chi connectivity index (χ0v) is 32.8. The molecule has 0 radical (unpaired) electrons. The Kier molecular flexibility index (Phi) is 7.62. The van der Waals surface area contributed by atoms with Gasteiger partial charge in [0.05, 0.1) is 5.69 Å². The van der Waals surface area contributed by atoms with Gasteiger partial charge in [0.25, 0.3) is 0 Å². The monoisotopic (exact) mass is 772 g/mol. The maximum Gasteiger partial charge on any atom is 0.161 e. The maximum atomic E-state index is 5.41. The van der Waals surface area contributed by atoms with Gasteiger partial charge in [-0.05, 0) is 91.3 Å². The molecule has 0 spiro atoms. The van der Waals surface area contributed by atoms with Crippen molar-refractivity contribution >= 4 is 84.7 Å². The lowest BCUT2D eigenvalue weighted by atomic mass is 9.92. The maximum absolute atomic E-state index is 5.41. The average molecular weight is 773 g/mol. The van der Waals surface area contributed by atoms with E-state index in [2.05, 4.69) is 194 Å². The zero-order valence-electron chi connectivity index (χ0n) is 31.2. The molecule has 0 amide bonds. The third-order valence-corrected chi connectivity index (χ3v) is 13.8. The summed E-state index contributed by atoms with van der Waals surface area (Å²) >= 11 is 3.61. The van der Waals surface area contributed by atoms with E-state index in [0.29, 0.717) is 0 Å². The summed E-state index contributed by atoms with van der Waals surface area (Å²) < 4.78 is 3.86. The molecule has 2 nitrogen and oxygen atoms in total. The number of hydrogen-bond acceptors (Lipinski definition) is 4. The number of nitrogens with zero attached hydrogens (tertiary/aromatic N) is 2. The summed E-state index contributed by atoms with van der Waals surface area (Å²) in [7, 11) is 0. The number of fused-ring (bicyclic) bond motifs is 9. The normalized spacial score (nSPS) is 11.8. The predicted molar refractivity (Wildman–Crippen MR) is 250 cm³/mol. The van der Waals surface area contributed by atoms with E-state index in [-0.39, 0.29) is 0 Å². The van der Waals surface area contributed by atoms with E-state index in [0.717, 1.165) is 55.1 Å². The van der Waals surface area contributed by atoms with Crippen LogP contribution in [0.5, 0.6) is 0 Å². The van der Waals surface area contributed by atoms with Gasteiger partial charge >= 0.3 is 0 Å². The fourth-order valence-corrected chi connectivity index (χ4v) is 11.0. The molecule has 0 atom stereocenters. The number of aromatic nitrogens is 2. The van der Waals surface area contributed by atoms with Crippen LogP contribution in [-0.2, 0) is 0 Å². The second-order valence-corrected chi connectivity index (χ2v) is 17.0. The fraction of sp³-hybridized carbons (Fsp3) is 0. The van der Waals surface area contributed by atoms with Gasteiger partial charge in [-0.2, -0.15) is 0 Å². The SMILES string of the molecule is c1ccc(-c2nc(-c3cc(-c4ccc(-c5cccc6c5sc5ccccc56)cc4)cc(-c4ccc5c(ccc6ccccc65)c4)c3)nc3sc4ccccc4c23)cc1. The van der Waals surface area contributed by atoms with E-state index >= 15 is 0 Å². The van der Waals surface area contributed by atoms with E-state index < -0.39 is 0 Å². The van der Waals surface area contributed by atoms with Gasteiger partial charge in [0.15, 0.2) is 5.82 Å². The second-order valence-electron chi connectivity index (χ2n) is 14.9. The molecule has 58 heavy (non-hydrogen) atoms. The van der Waals surface area contributed by atoms with Gasteiger partial charge in [0.1, 0.15) is 4.83 Å². The molecule has 12 rings (SSSR count). The Morgan fingerprint density at radius 1 is 0.328 bits per heavy atom. The van der Waals surface area contributed by atoms with Crippen LogP contribution in [0.1, 0.15) is 0 Å². The van der Waals surface area contributed by atoms with E-state index in [9.17, 15) is 0 Å². The Morgan fingerprint density at radius 2 is 0.948 bits per heavy atom. The Morgan fingerprint density at radius 3 is 1.79 bits per heavy atom. The highest BCUT2D eigenvalue weighted by Crippen LogP contribution is 2.43. The second kappa shape index (κ2) is 13.3. The molecule has 12 aromatic rings. The van der Waals surface area contributed by atoms with Crippen LogP contribution < -0.4 is 0 Å². The summed E-state index contributed by atoms with van der Waals surface area (Å²) in [5, 5.41) is 9.93. The summed E-state index contributed by atoms with van der Waals surface area (Å²) in [4.78, 5) is 11.7. The molecular weight excluding hydrogens is 741 g/mol. The molecule has 0 aliphatic heterocycles. The van der Waals surface area contributed by atoms with E-state index in [4.69, 9.17) is 9.97 Å². The van der Waals surface area contributed by atoms with Crippen molar-refractivity contribution in [1.29, 1.82) is 0 Å². The van der Waals surface area contributed by atoms with Crippen molar-refractivity contribution in [3.8, 4) is 56.0 Å². The largest absolute Gasteiger partial charge is 0.227 e. The van der Waals surface area contributed by atoms with Crippen LogP contribution >= 0.6 is 22.7 Å². The van der Waals surface area contributed by atoms with Gasteiger partial charge in [0, 0.05) is 46.8 Å². The van der Waals surface area contributed by atoms with Crippen molar-refractivity contribution in [3.05, 3.63) is 194 Å². The molecule has 0 unspecified atom stereocenters. The number of benzene rings is 9. The fourth-order valence-electron chi connectivity index (χ4n) is 8.66. The highest BCUT2D eigenvalue weighted by Gasteiger charge is 2.18. The summed E-state index contributed by atoms with van der Waals surface area (Å²) in [6.45, 7) is 0. The van der Waals surface area contributed by atoms with Crippen LogP contribution in [0.15, 0.2) is 194 Å². The van der Waals surface area contributed by atoms with E-state index in [1.54, 1.807) is 11.3 Å². The highest BCUT2D eigenvalue weighted by molar-refractivity contribution is 7.26. The third-order valence-electron chi connectivity index (χ3n) is 11.5. The Balaban J connectivity index is 1.05. The zero-order chi connectivity index (χ0) is 38.2. The number of thiophene rings is 2. The minimum absolute atomic E-state index is 0.723. The summed E-state index contributed by atoms with van der Waals surface area (Å²) in [5.41, 5.74) is 10.1. The molecule has 0 fully saturated rings. The Labute approximate surface area is 343 Å². The number of rotatable bonds is 5. The first-order valence-electron chi connectivity index (χ1n) is 19.5. The van der Waals surface area contributed by atoms with Crippen LogP contribution in [0.25, 0.3) is 118 Å². The van der Waals surface area contributed by atoms with Gasteiger partial charge in [-0.25, -0.2) is 9.97 Å². The van der Waals surface area contributed by atoms with Crippen molar-refractivity contribution in [2.75, 3.05) is 0 Å². The van der Waals surface area contributed by atoms with E-state index in [1.807, 2.05) is 11.3 Å². The summed E-state index contributed by atoms with van der Waals surface area (Å²) in [6, 6.07) is 70.4. The Hall–Kier alpha value is -6.98. The predicted octanol–water partition coefficient (Wildman–Crippen LogP) is 15.9. The van der Waals surface area contributed by atoms with Gasteiger partial charge in [-0.15, -0.1) is 22.7 Å². The first kappa shape index (κ1) is 33.2. The Bertz CT molecular complexity index is 3560. The van der Waals surface area contributed by atoms with Crippen molar-refractivity contribution in [2.45, 2.75) is 0 Å². The smallest absolute Gasteiger partial charge is 0.161 e. The minimum Gasteiger partial charge on any atom is -0.227 e. The van der Waals surface area contributed by atoms with Gasteiger partial charge in [0.2, 0.25) is 0 Å². The van der Waals surface area contributed by atoms with E-state index in [1.165, 1.54) is 62.9 Å². The van der Waals surface area contributed by atoms with Gasteiger partial charge < -0.3 is 0 Å². The molecule has 0 bridgehead atoms. The quantitative estimate of drug-likeness (QED) is 0.163. The molecule has 0 aliphatic rings. The lowest BCUT2D eigenvalue weighted by Crippen LogP contribution is -1.95. The molecule has 3 aromatic heterocycles. The van der Waals surface area contributed by atoms with Crippen LogP contribution in [0, 0.1) is 0 Å². The van der Waals surface area contributed by atoms with Crippen molar-refractivity contribution in [1.82, 2.24) is 9.97 Å². The summed E-state index contributed by atoms with van der Waals surface area (Å²) in [5.74, 6) is 0.723. The minimum atomic E-state index is 0.723. The third kappa shape index (κ3) is 5.45. The average Bonchev–Trinajstić information content (AvgIpc) is 3.87. The first-order chi connectivity index (χ1) is 28.7. The van der Waals surface area contributed by atoms with Crippen LogP contribution in [0.2, 0.25) is 0 Å². The lowest BCUT2D eigenvalue weighted by Gasteiger charge is -2.13. The molecule has 0 aliphatic carbocycles. The molecular formula is C54H32N2S2. The molecule has 0 saturated carbocycles. The van der Waals surface area contributed by atoms with Crippen molar-refractivity contribution in [2.24, 2.45) is 0 Å². The van der Waals surface area contributed by atoms with Crippen molar-refractivity contribution < 1.29 is 0 Å². The molecule has 270 valence electrons. The van der Waals surface area contributed by atoms with Crippen molar-refractivity contribution in [3.63, 3.8) is 0 Å². The van der Waals surface area contributed by atoms with Gasteiger partial charge in [-0.1, -0.05) is 158 Å². The van der Waals surface area contributed by atoms with Gasteiger partial charge in [-0.3, -0.25) is 0 Å². The molecule has 0 N–H and O–H groups in total. The lowest BCUT2D eigenvalue weighted by molar-refractivity contribution is 1.24. The number of hydrogen-bond donors (Lipinski definition) is 0. The summed E-state index contributed by atoms with van der Waals surface area (Å²) in [6.07, 6.45) is 0. The molecule has 9 aromatic carbocycles. The molecule has 0 saturated heterocycles. The highest BCUT2D eigenvalue weighted by atomic mass is 32.1. The van der Waals surface area contributed by atoms with Crippen LogP contribution in [0.3, 0.4) is 0 Å². The topological polar surface area (TPSA) is 25.8 Å². The van der Waals surface area contributed by atoms with Crippen LogP contribution in [0.4, 0.5) is 0 Å².